The number of methoxy groups -OCH3 is 1. The highest BCUT2D eigenvalue weighted by molar-refractivity contribution is 6.32. The van der Waals surface area contributed by atoms with E-state index in [0.717, 1.165) is 16.9 Å². The summed E-state index contributed by atoms with van der Waals surface area (Å²) in [6.45, 7) is 2.36. The minimum absolute atomic E-state index is 0.0810. The van der Waals surface area contributed by atoms with Gasteiger partial charge in [0.25, 0.3) is 0 Å². The van der Waals surface area contributed by atoms with Gasteiger partial charge in [0, 0.05) is 29.4 Å². The smallest absolute Gasteiger partial charge is 0.226 e. The van der Waals surface area contributed by atoms with Gasteiger partial charge in [0.05, 0.1) is 12.1 Å². The van der Waals surface area contributed by atoms with E-state index in [0.29, 0.717) is 28.8 Å². The first kappa shape index (κ1) is 17.4. The summed E-state index contributed by atoms with van der Waals surface area (Å²) in [4.78, 5) is 12.0. The van der Waals surface area contributed by atoms with Crippen molar-refractivity contribution in [3.05, 3.63) is 52.0 Å². The number of rotatable bonds is 6. The van der Waals surface area contributed by atoms with E-state index in [-0.39, 0.29) is 5.91 Å². The first-order chi connectivity index (χ1) is 11.0. The Morgan fingerprint density at radius 1 is 1.17 bits per heavy atom. The average molecular weight is 353 g/mol. The molecule has 0 aromatic heterocycles. The molecule has 6 heteroatoms. The van der Waals surface area contributed by atoms with Gasteiger partial charge in [-0.15, -0.1) is 0 Å². The highest BCUT2D eigenvalue weighted by atomic mass is 35.5. The summed E-state index contributed by atoms with van der Waals surface area (Å²) in [6.07, 6.45) is 0.329. The molecule has 0 heterocycles. The topological polar surface area (TPSA) is 50.4 Å². The molecule has 2 rings (SSSR count). The Kier molecular flexibility index (Phi) is 6.13. The van der Waals surface area contributed by atoms with Gasteiger partial charge >= 0.3 is 0 Å². The van der Waals surface area contributed by atoms with Crippen LogP contribution in [0.2, 0.25) is 10.0 Å². The molecule has 0 fully saturated rings. The Bertz CT molecular complexity index is 705. The van der Waals surface area contributed by atoms with Crippen LogP contribution in [0.5, 0.6) is 5.75 Å². The third kappa shape index (κ3) is 4.78. The van der Waals surface area contributed by atoms with E-state index in [4.69, 9.17) is 27.9 Å². The van der Waals surface area contributed by atoms with Gasteiger partial charge in [0.15, 0.2) is 0 Å². The van der Waals surface area contributed by atoms with E-state index in [2.05, 4.69) is 10.6 Å². The molecule has 0 aliphatic carbocycles. The molecule has 0 atom stereocenters. The highest BCUT2D eigenvalue weighted by Crippen LogP contribution is 2.27. The van der Waals surface area contributed by atoms with Crippen molar-refractivity contribution in [2.45, 2.75) is 13.3 Å². The van der Waals surface area contributed by atoms with Crippen LogP contribution >= 0.6 is 23.2 Å². The van der Waals surface area contributed by atoms with E-state index in [1.54, 1.807) is 25.3 Å². The number of hydrogen-bond donors (Lipinski definition) is 2. The number of carbonyl (C=O) groups excluding carboxylic acids is 1. The van der Waals surface area contributed by atoms with Crippen LogP contribution in [0.15, 0.2) is 36.4 Å². The molecule has 2 aromatic rings. The quantitative estimate of drug-likeness (QED) is 0.788. The molecular formula is C17H18Cl2N2O2. The van der Waals surface area contributed by atoms with E-state index < -0.39 is 0 Å². The molecule has 122 valence electrons. The zero-order chi connectivity index (χ0) is 16.8. The van der Waals surface area contributed by atoms with Gasteiger partial charge in [-0.2, -0.15) is 0 Å². The van der Waals surface area contributed by atoms with Crippen LogP contribution in [-0.2, 0) is 4.79 Å². The molecular weight excluding hydrogens is 335 g/mol. The van der Waals surface area contributed by atoms with Gasteiger partial charge < -0.3 is 15.4 Å². The molecule has 0 aliphatic rings. The number of hydrogen-bond acceptors (Lipinski definition) is 3. The molecule has 0 bridgehead atoms. The Hall–Kier alpha value is -1.91. The van der Waals surface area contributed by atoms with Crippen molar-refractivity contribution in [3.8, 4) is 5.75 Å². The van der Waals surface area contributed by atoms with Gasteiger partial charge in [-0.3, -0.25) is 4.79 Å². The van der Waals surface area contributed by atoms with Crippen molar-refractivity contribution in [2.24, 2.45) is 0 Å². The second-order valence-corrected chi connectivity index (χ2v) is 5.80. The van der Waals surface area contributed by atoms with Crippen LogP contribution in [0.3, 0.4) is 0 Å². The van der Waals surface area contributed by atoms with E-state index in [1.165, 1.54) is 0 Å². The molecule has 0 radical (unpaired) electrons. The minimum atomic E-state index is -0.0810. The number of amides is 1. The molecule has 0 unspecified atom stereocenters. The molecule has 23 heavy (non-hydrogen) atoms. The Balaban J connectivity index is 1.85. The maximum Gasteiger partial charge on any atom is 0.226 e. The predicted molar refractivity (Wildman–Crippen MR) is 95.9 cm³/mol. The number of benzene rings is 2. The lowest BCUT2D eigenvalue weighted by Crippen LogP contribution is -2.16. The second kappa shape index (κ2) is 8.09. The first-order valence-electron chi connectivity index (χ1n) is 7.13. The van der Waals surface area contributed by atoms with Crippen molar-refractivity contribution in [2.75, 3.05) is 24.3 Å². The molecule has 0 saturated carbocycles. The van der Waals surface area contributed by atoms with Crippen LogP contribution in [0, 0.1) is 6.92 Å². The molecule has 1 amide bonds. The van der Waals surface area contributed by atoms with Gasteiger partial charge in [-0.25, -0.2) is 0 Å². The Morgan fingerprint density at radius 3 is 2.65 bits per heavy atom. The fourth-order valence-corrected chi connectivity index (χ4v) is 2.48. The lowest BCUT2D eigenvalue weighted by Gasteiger charge is -2.11. The zero-order valence-electron chi connectivity index (χ0n) is 13.0. The highest BCUT2D eigenvalue weighted by Gasteiger charge is 2.07. The van der Waals surface area contributed by atoms with Crippen molar-refractivity contribution < 1.29 is 9.53 Å². The van der Waals surface area contributed by atoms with Crippen molar-refractivity contribution in [1.82, 2.24) is 0 Å². The molecule has 0 spiro atoms. The third-order valence-electron chi connectivity index (χ3n) is 3.37. The summed E-state index contributed by atoms with van der Waals surface area (Å²) < 4.78 is 5.10. The monoisotopic (exact) mass is 352 g/mol. The number of nitrogens with one attached hydrogen (secondary N) is 2. The van der Waals surface area contributed by atoms with Crippen molar-refractivity contribution in [3.63, 3.8) is 0 Å². The van der Waals surface area contributed by atoms with Crippen LogP contribution in [0.1, 0.15) is 12.0 Å². The number of ether oxygens (including phenoxy) is 1. The second-order valence-electron chi connectivity index (χ2n) is 4.99. The fraction of sp³-hybridized carbons (Fsp3) is 0.235. The summed E-state index contributed by atoms with van der Waals surface area (Å²) in [7, 11) is 1.57. The molecule has 2 N–H and O–H groups in total. The molecule has 0 saturated heterocycles. The number of halogens is 2. The summed E-state index contributed by atoms with van der Waals surface area (Å²) in [6, 6.07) is 10.8. The van der Waals surface area contributed by atoms with Crippen LogP contribution in [0.4, 0.5) is 11.4 Å². The lowest BCUT2D eigenvalue weighted by atomic mass is 10.2. The maximum absolute atomic E-state index is 12.0. The van der Waals surface area contributed by atoms with Gasteiger partial charge in [-0.05, 0) is 42.8 Å². The average Bonchev–Trinajstić information content (AvgIpc) is 2.52. The number of anilines is 2. The van der Waals surface area contributed by atoms with Crippen LogP contribution < -0.4 is 15.4 Å². The summed E-state index contributed by atoms with van der Waals surface area (Å²) in [5, 5.41) is 7.17. The summed E-state index contributed by atoms with van der Waals surface area (Å²) >= 11 is 12.1. The van der Waals surface area contributed by atoms with E-state index in [9.17, 15) is 4.79 Å². The Labute approximate surface area is 145 Å². The summed E-state index contributed by atoms with van der Waals surface area (Å²) in [5.74, 6) is 0.536. The standard InChI is InChI=1S/C17H18Cl2N2O2/c1-11-13(18)4-3-5-15(11)21-17(22)8-9-20-12-6-7-16(23-2)14(19)10-12/h3-7,10,20H,8-9H2,1-2H3,(H,21,22). The minimum Gasteiger partial charge on any atom is -0.495 e. The SMILES string of the molecule is COc1ccc(NCCC(=O)Nc2cccc(Cl)c2C)cc1Cl. The van der Waals surface area contributed by atoms with Crippen LogP contribution in [-0.4, -0.2) is 19.6 Å². The summed E-state index contributed by atoms with van der Waals surface area (Å²) in [5.41, 5.74) is 2.43. The largest absolute Gasteiger partial charge is 0.495 e. The molecule has 2 aromatic carbocycles. The zero-order valence-corrected chi connectivity index (χ0v) is 14.5. The van der Waals surface area contributed by atoms with E-state index >= 15 is 0 Å². The van der Waals surface area contributed by atoms with Crippen molar-refractivity contribution in [1.29, 1.82) is 0 Å². The number of carbonyl (C=O) groups is 1. The fourth-order valence-electron chi connectivity index (χ4n) is 2.05. The normalized spacial score (nSPS) is 10.3. The molecule has 4 nitrogen and oxygen atoms in total. The lowest BCUT2D eigenvalue weighted by molar-refractivity contribution is -0.115. The molecule has 0 aliphatic heterocycles. The van der Waals surface area contributed by atoms with Gasteiger partial charge in [0.1, 0.15) is 5.75 Å². The predicted octanol–water partition coefficient (Wildman–Crippen LogP) is 4.75. The van der Waals surface area contributed by atoms with Crippen molar-refractivity contribution >= 4 is 40.5 Å². The Morgan fingerprint density at radius 2 is 1.96 bits per heavy atom. The third-order valence-corrected chi connectivity index (χ3v) is 4.08. The van der Waals surface area contributed by atoms with Gasteiger partial charge in [-0.1, -0.05) is 29.3 Å². The maximum atomic E-state index is 12.0. The first-order valence-corrected chi connectivity index (χ1v) is 7.89. The van der Waals surface area contributed by atoms with E-state index in [1.807, 2.05) is 25.1 Å². The van der Waals surface area contributed by atoms with Crippen LogP contribution in [0.25, 0.3) is 0 Å². The van der Waals surface area contributed by atoms with Gasteiger partial charge in [0.2, 0.25) is 5.91 Å².